The monoisotopic (exact) mass is 263 g/mol. The SMILES string of the molecule is CC1(C)CCN(C(=O)C(N)CC(N)=O)CC1.Cl. The number of nitrogens with zero attached hydrogens (tertiary/aromatic N) is 1. The number of carbonyl (C=O) groups excluding carboxylic acids is 2. The molecule has 0 aromatic rings. The zero-order valence-electron chi connectivity index (χ0n) is 10.4. The molecule has 1 unspecified atom stereocenters. The molecule has 2 amide bonds. The van der Waals surface area contributed by atoms with Crippen molar-refractivity contribution in [2.24, 2.45) is 16.9 Å². The van der Waals surface area contributed by atoms with Crippen LogP contribution in [0.25, 0.3) is 0 Å². The van der Waals surface area contributed by atoms with Gasteiger partial charge in [-0.3, -0.25) is 9.59 Å². The van der Waals surface area contributed by atoms with Gasteiger partial charge < -0.3 is 16.4 Å². The predicted octanol–water partition coefficient (Wildman–Crippen LogP) is 0.260. The normalized spacial score (nSPS) is 20.3. The standard InChI is InChI=1S/C11H21N3O2.ClH/c1-11(2)3-5-14(6-4-11)10(16)8(12)7-9(13)15;/h8H,3-7,12H2,1-2H3,(H2,13,15);1H. The van der Waals surface area contributed by atoms with Crippen LogP contribution >= 0.6 is 12.4 Å². The summed E-state index contributed by atoms with van der Waals surface area (Å²) < 4.78 is 0. The molecule has 0 aromatic heterocycles. The van der Waals surface area contributed by atoms with Gasteiger partial charge in [-0.1, -0.05) is 13.8 Å². The van der Waals surface area contributed by atoms with Crippen LogP contribution in [0.15, 0.2) is 0 Å². The van der Waals surface area contributed by atoms with E-state index in [9.17, 15) is 9.59 Å². The van der Waals surface area contributed by atoms with Gasteiger partial charge in [0.15, 0.2) is 0 Å². The number of nitrogens with two attached hydrogens (primary N) is 2. The van der Waals surface area contributed by atoms with Crippen LogP contribution in [0, 0.1) is 5.41 Å². The molecule has 0 saturated carbocycles. The third-order valence-corrected chi connectivity index (χ3v) is 3.17. The summed E-state index contributed by atoms with van der Waals surface area (Å²) in [6.07, 6.45) is 1.88. The molecule has 0 spiro atoms. The lowest BCUT2D eigenvalue weighted by Crippen LogP contribution is -2.49. The lowest BCUT2D eigenvalue weighted by Gasteiger charge is -2.37. The van der Waals surface area contributed by atoms with Crippen molar-refractivity contribution in [3.05, 3.63) is 0 Å². The van der Waals surface area contributed by atoms with E-state index in [0.717, 1.165) is 25.9 Å². The summed E-state index contributed by atoms with van der Waals surface area (Å²) in [4.78, 5) is 24.2. The first kappa shape index (κ1) is 16.2. The minimum Gasteiger partial charge on any atom is -0.370 e. The fourth-order valence-corrected chi connectivity index (χ4v) is 1.87. The van der Waals surface area contributed by atoms with E-state index in [1.165, 1.54) is 0 Å². The smallest absolute Gasteiger partial charge is 0.240 e. The number of carbonyl (C=O) groups is 2. The summed E-state index contributed by atoms with van der Waals surface area (Å²) in [5.41, 5.74) is 10.9. The van der Waals surface area contributed by atoms with Crippen LogP contribution in [0.3, 0.4) is 0 Å². The predicted molar refractivity (Wildman–Crippen MR) is 68.6 cm³/mol. The minimum atomic E-state index is -0.779. The Kier molecular flexibility index (Phi) is 5.92. The van der Waals surface area contributed by atoms with E-state index >= 15 is 0 Å². The van der Waals surface area contributed by atoms with Crippen LogP contribution in [-0.4, -0.2) is 35.8 Å². The topological polar surface area (TPSA) is 89.4 Å². The number of amides is 2. The second kappa shape index (κ2) is 6.21. The summed E-state index contributed by atoms with van der Waals surface area (Å²) in [5.74, 6) is -0.688. The van der Waals surface area contributed by atoms with E-state index in [0.29, 0.717) is 5.41 Å². The molecule has 1 saturated heterocycles. The molecule has 1 heterocycles. The second-order valence-electron chi connectivity index (χ2n) is 5.27. The number of rotatable bonds is 3. The first-order valence-corrected chi connectivity index (χ1v) is 5.64. The van der Waals surface area contributed by atoms with Crippen molar-refractivity contribution in [3.8, 4) is 0 Å². The van der Waals surface area contributed by atoms with Gasteiger partial charge >= 0.3 is 0 Å². The van der Waals surface area contributed by atoms with Crippen molar-refractivity contribution in [3.63, 3.8) is 0 Å². The Morgan fingerprint density at radius 2 is 1.76 bits per heavy atom. The molecule has 17 heavy (non-hydrogen) atoms. The summed E-state index contributed by atoms with van der Waals surface area (Å²) >= 11 is 0. The van der Waals surface area contributed by atoms with Gasteiger partial charge in [0.2, 0.25) is 11.8 Å². The maximum Gasteiger partial charge on any atom is 0.240 e. The number of primary amides is 1. The summed E-state index contributed by atoms with van der Waals surface area (Å²) in [5, 5.41) is 0. The molecule has 1 aliphatic heterocycles. The number of hydrogen-bond acceptors (Lipinski definition) is 3. The molecule has 1 atom stereocenters. The molecule has 1 fully saturated rings. The minimum absolute atomic E-state index is 0. The Hall–Kier alpha value is -0.810. The Balaban J connectivity index is 0.00000256. The maximum atomic E-state index is 11.8. The number of halogens is 1. The van der Waals surface area contributed by atoms with Crippen LogP contribution in [0.4, 0.5) is 0 Å². The van der Waals surface area contributed by atoms with Crippen molar-refractivity contribution < 1.29 is 9.59 Å². The lowest BCUT2D eigenvalue weighted by atomic mass is 9.82. The Morgan fingerprint density at radius 3 is 2.18 bits per heavy atom. The highest BCUT2D eigenvalue weighted by Crippen LogP contribution is 2.29. The van der Waals surface area contributed by atoms with Crippen molar-refractivity contribution in [1.29, 1.82) is 0 Å². The quantitative estimate of drug-likeness (QED) is 0.765. The lowest BCUT2D eigenvalue weighted by molar-refractivity contribution is -0.136. The molecule has 4 N–H and O–H groups in total. The van der Waals surface area contributed by atoms with Gasteiger partial charge in [-0.15, -0.1) is 12.4 Å². The molecular formula is C11H22ClN3O2. The molecule has 5 nitrogen and oxygen atoms in total. The Morgan fingerprint density at radius 1 is 1.29 bits per heavy atom. The second-order valence-corrected chi connectivity index (χ2v) is 5.27. The van der Waals surface area contributed by atoms with Gasteiger partial charge in [0.05, 0.1) is 12.5 Å². The first-order chi connectivity index (χ1) is 7.32. The van der Waals surface area contributed by atoms with Crippen molar-refractivity contribution >= 4 is 24.2 Å². The number of hydrogen-bond donors (Lipinski definition) is 2. The fraction of sp³-hybridized carbons (Fsp3) is 0.818. The average molecular weight is 264 g/mol. The van der Waals surface area contributed by atoms with Crippen LogP contribution in [-0.2, 0) is 9.59 Å². The zero-order chi connectivity index (χ0) is 12.3. The summed E-state index contributed by atoms with van der Waals surface area (Å²) in [6.45, 7) is 5.83. The van der Waals surface area contributed by atoms with Gasteiger partial charge in [0.25, 0.3) is 0 Å². The highest BCUT2D eigenvalue weighted by atomic mass is 35.5. The first-order valence-electron chi connectivity index (χ1n) is 5.64. The van der Waals surface area contributed by atoms with Crippen LogP contribution in [0.5, 0.6) is 0 Å². The Bertz CT molecular complexity index is 284. The van der Waals surface area contributed by atoms with Crippen molar-refractivity contribution in [1.82, 2.24) is 4.90 Å². The van der Waals surface area contributed by atoms with E-state index in [4.69, 9.17) is 11.5 Å². The molecule has 0 aliphatic carbocycles. The highest BCUT2D eigenvalue weighted by molar-refractivity contribution is 5.87. The van der Waals surface area contributed by atoms with Crippen LogP contribution < -0.4 is 11.5 Å². The largest absolute Gasteiger partial charge is 0.370 e. The van der Waals surface area contributed by atoms with Crippen molar-refractivity contribution in [2.45, 2.75) is 39.2 Å². The maximum absolute atomic E-state index is 11.8. The van der Waals surface area contributed by atoms with E-state index < -0.39 is 11.9 Å². The summed E-state index contributed by atoms with van der Waals surface area (Å²) in [6, 6.07) is -0.779. The molecule has 100 valence electrons. The number of likely N-dealkylation sites (tertiary alicyclic amines) is 1. The molecule has 0 bridgehead atoms. The van der Waals surface area contributed by atoms with Gasteiger partial charge in [0, 0.05) is 13.1 Å². The van der Waals surface area contributed by atoms with E-state index in [1.807, 2.05) is 0 Å². The number of piperidine rings is 1. The molecule has 1 aliphatic rings. The fourth-order valence-electron chi connectivity index (χ4n) is 1.87. The zero-order valence-corrected chi connectivity index (χ0v) is 11.3. The van der Waals surface area contributed by atoms with E-state index in [2.05, 4.69) is 13.8 Å². The average Bonchev–Trinajstić information content (AvgIpc) is 2.15. The third-order valence-electron chi connectivity index (χ3n) is 3.17. The van der Waals surface area contributed by atoms with Gasteiger partial charge in [-0.2, -0.15) is 0 Å². The van der Waals surface area contributed by atoms with Crippen LogP contribution in [0.1, 0.15) is 33.1 Å². The van der Waals surface area contributed by atoms with Gasteiger partial charge in [0.1, 0.15) is 0 Å². The molecule has 6 heteroatoms. The van der Waals surface area contributed by atoms with E-state index in [1.54, 1.807) is 4.90 Å². The molecule has 0 aromatic carbocycles. The molecule has 0 radical (unpaired) electrons. The van der Waals surface area contributed by atoms with Crippen LogP contribution in [0.2, 0.25) is 0 Å². The third kappa shape index (κ3) is 4.91. The molecule has 1 rings (SSSR count). The van der Waals surface area contributed by atoms with Crippen molar-refractivity contribution in [2.75, 3.05) is 13.1 Å². The van der Waals surface area contributed by atoms with E-state index in [-0.39, 0.29) is 24.7 Å². The summed E-state index contributed by atoms with van der Waals surface area (Å²) in [7, 11) is 0. The Labute approximate surface area is 108 Å². The molecular weight excluding hydrogens is 242 g/mol. The van der Waals surface area contributed by atoms with Gasteiger partial charge in [-0.05, 0) is 18.3 Å². The highest BCUT2D eigenvalue weighted by Gasteiger charge is 2.30. The van der Waals surface area contributed by atoms with Gasteiger partial charge in [-0.25, -0.2) is 0 Å².